The van der Waals surface area contributed by atoms with E-state index in [1.54, 1.807) is 13.2 Å². The molecular weight excluding hydrogens is 273 g/mol. The third-order valence-corrected chi connectivity index (χ3v) is 3.86. The molecule has 1 fully saturated rings. The number of nitrogens with one attached hydrogen (secondary N) is 1. The van der Waals surface area contributed by atoms with Gasteiger partial charge in [0.1, 0.15) is 5.60 Å². The molecule has 0 spiro atoms. The molecule has 1 aromatic rings. The predicted octanol–water partition coefficient (Wildman–Crippen LogP) is 2.89. The Kier molecular flexibility index (Phi) is 4.87. The van der Waals surface area contributed by atoms with Crippen LogP contribution in [0.15, 0.2) is 18.2 Å². The summed E-state index contributed by atoms with van der Waals surface area (Å²) in [5, 5.41) is 4.70. The molecule has 100 valence electrons. The molecule has 1 aliphatic rings. The zero-order chi connectivity index (χ0) is 13.0. The van der Waals surface area contributed by atoms with Crippen molar-refractivity contribution in [1.82, 2.24) is 5.32 Å². The van der Waals surface area contributed by atoms with Crippen molar-refractivity contribution in [3.05, 3.63) is 33.8 Å². The van der Waals surface area contributed by atoms with Gasteiger partial charge in [0.15, 0.2) is 0 Å². The SMILES string of the molecule is COC1(CNCc2ccc(Cl)cc2Cl)CCOC1. The van der Waals surface area contributed by atoms with Crippen molar-refractivity contribution < 1.29 is 9.47 Å². The molecule has 0 amide bonds. The van der Waals surface area contributed by atoms with Crippen molar-refractivity contribution in [3.8, 4) is 0 Å². The van der Waals surface area contributed by atoms with Gasteiger partial charge < -0.3 is 14.8 Å². The highest BCUT2D eigenvalue weighted by Gasteiger charge is 2.34. The van der Waals surface area contributed by atoms with E-state index in [9.17, 15) is 0 Å². The van der Waals surface area contributed by atoms with Gasteiger partial charge in [0.2, 0.25) is 0 Å². The van der Waals surface area contributed by atoms with Gasteiger partial charge >= 0.3 is 0 Å². The fourth-order valence-electron chi connectivity index (χ4n) is 2.05. The lowest BCUT2D eigenvalue weighted by molar-refractivity contribution is -0.0159. The van der Waals surface area contributed by atoms with Gasteiger partial charge in [0.05, 0.1) is 6.61 Å². The summed E-state index contributed by atoms with van der Waals surface area (Å²) in [5.74, 6) is 0. The third kappa shape index (κ3) is 3.37. The minimum absolute atomic E-state index is 0.196. The Morgan fingerprint density at radius 3 is 2.89 bits per heavy atom. The molecule has 1 N–H and O–H groups in total. The van der Waals surface area contributed by atoms with Crippen molar-refractivity contribution in [1.29, 1.82) is 0 Å². The first-order valence-electron chi connectivity index (χ1n) is 5.93. The van der Waals surface area contributed by atoms with Gasteiger partial charge in [0.25, 0.3) is 0 Å². The van der Waals surface area contributed by atoms with Crippen LogP contribution in [0.3, 0.4) is 0 Å². The second-order valence-electron chi connectivity index (χ2n) is 4.53. The van der Waals surface area contributed by atoms with Gasteiger partial charge in [-0.1, -0.05) is 29.3 Å². The van der Waals surface area contributed by atoms with Crippen LogP contribution in [0.4, 0.5) is 0 Å². The molecule has 2 rings (SSSR count). The molecule has 0 saturated carbocycles. The number of rotatable bonds is 5. The molecule has 0 aliphatic carbocycles. The maximum atomic E-state index is 6.11. The Bertz CT molecular complexity index is 406. The van der Waals surface area contributed by atoms with Gasteiger partial charge in [-0.15, -0.1) is 0 Å². The number of benzene rings is 1. The summed E-state index contributed by atoms with van der Waals surface area (Å²) in [6.07, 6.45) is 0.921. The Morgan fingerprint density at radius 1 is 1.44 bits per heavy atom. The molecule has 1 atom stereocenters. The highest BCUT2D eigenvalue weighted by atomic mass is 35.5. The minimum atomic E-state index is -0.196. The zero-order valence-electron chi connectivity index (χ0n) is 10.3. The number of methoxy groups -OCH3 is 1. The van der Waals surface area contributed by atoms with Crippen LogP contribution in [0.5, 0.6) is 0 Å². The molecule has 1 aliphatic heterocycles. The summed E-state index contributed by atoms with van der Waals surface area (Å²) in [6, 6.07) is 5.53. The van der Waals surface area contributed by atoms with Crippen LogP contribution in [-0.2, 0) is 16.0 Å². The summed E-state index contributed by atoms with van der Waals surface area (Å²) in [7, 11) is 1.73. The lowest BCUT2D eigenvalue weighted by atomic mass is 10.0. The van der Waals surface area contributed by atoms with E-state index < -0.39 is 0 Å². The van der Waals surface area contributed by atoms with Crippen molar-refractivity contribution in [2.75, 3.05) is 26.9 Å². The molecule has 5 heteroatoms. The smallest absolute Gasteiger partial charge is 0.106 e. The zero-order valence-corrected chi connectivity index (χ0v) is 11.9. The monoisotopic (exact) mass is 289 g/mol. The molecule has 3 nitrogen and oxygen atoms in total. The second-order valence-corrected chi connectivity index (χ2v) is 5.37. The van der Waals surface area contributed by atoms with E-state index in [0.29, 0.717) is 23.2 Å². The molecule has 1 unspecified atom stereocenters. The minimum Gasteiger partial charge on any atom is -0.378 e. The Labute approximate surface area is 117 Å². The van der Waals surface area contributed by atoms with Crippen molar-refractivity contribution in [3.63, 3.8) is 0 Å². The Balaban J connectivity index is 1.88. The molecule has 0 bridgehead atoms. The van der Waals surface area contributed by atoms with Crippen LogP contribution >= 0.6 is 23.2 Å². The maximum Gasteiger partial charge on any atom is 0.106 e. The van der Waals surface area contributed by atoms with Crippen molar-refractivity contribution in [2.45, 2.75) is 18.6 Å². The van der Waals surface area contributed by atoms with Crippen LogP contribution in [-0.4, -0.2) is 32.5 Å². The van der Waals surface area contributed by atoms with Crippen LogP contribution in [0.25, 0.3) is 0 Å². The average Bonchev–Trinajstić information content (AvgIpc) is 2.81. The molecule has 1 aromatic carbocycles. The van der Waals surface area contributed by atoms with E-state index in [2.05, 4.69) is 5.32 Å². The van der Waals surface area contributed by atoms with E-state index >= 15 is 0 Å². The van der Waals surface area contributed by atoms with E-state index in [1.165, 1.54) is 0 Å². The highest BCUT2D eigenvalue weighted by molar-refractivity contribution is 6.35. The maximum absolute atomic E-state index is 6.11. The summed E-state index contributed by atoms with van der Waals surface area (Å²) < 4.78 is 10.9. The molecule has 1 heterocycles. The van der Waals surface area contributed by atoms with Crippen molar-refractivity contribution >= 4 is 23.2 Å². The van der Waals surface area contributed by atoms with Crippen molar-refractivity contribution in [2.24, 2.45) is 0 Å². The summed E-state index contributed by atoms with van der Waals surface area (Å²) in [4.78, 5) is 0. The van der Waals surface area contributed by atoms with Gasteiger partial charge in [-0.3, -0.25) is 0 Å². The molecule has 0 radical (unpaired) electrons. The topological polar surface area (TPSA) is 30.5 Å². The number of halogens is 2. The lowest BCUT2D eigenvalue weighted by Crippen LogP contribution is -2.42. The standard InChI is InChI=1S/C13H17Cl2NO2/c1-17-13(4-5-18-9-13)8-16-7-10-2-3-11(14)6-12(10)15/h2-3,6,16H,4-5,7-9H2,1H3. The first-order chi connectivity index (χ1) is 8.65. The van der Waals surface area contributed by atoms with E-state index in [0.717, 1.165) is 25.1 Å². The van der Waals surface area contributed by atoms with Gasteiger partial charge in [-0.05, 0) is 17.7 Å². The normalized spacial score (nSPS) is 23.5. The first-order valence-corrected chi connectivity index (χ1v) is 6.68. The molecule has 0 aromatic heterocycles. The molecular formula is C13H17Cl2NO2. The average molecular weight is 290 g/mol. The van der Waals surface area contributed by atoms with Gasteiger partial charge in [-0.2, -0.15) is 0 Å². The van der Waals surface area contributed by atoms with Crippen LogP contribution < -0.4 is 5.32 Å². The fraction of sp³-hybridized carbons (Fsp3) is 0.538. The van der Waals surface area contributed by atoms with Gasteiger partial charge in [0, 0.05) is 43.3 Å². The second kappa shape index (κ2) is 6.22. The van der Waals surface area contributed by atoms with Crippen LogP contribution in [0.2, 0.25) is 10.0 Å². The summed E-state index contributed by atoms with van der Waals surface area (Å²) in [5.41, 5.74) is 0.838. The lowest BCUT2D eigenvalue weighted by Gasteiger charge is -2.26. The Hall–Kier alpha value is -0.320. The van der Waals surface area contributed by atoms with Gasteiger partial charge in [-0.25, -0.2) is 0 Å². The van der Waals surface area contributed by atoms with Crippen LogP contribution in [0, 0.1) is 0 Å². The summed E-state index contributed by atoms with van der Waals surface area (Å²) in [6.45, 7) is 2.85. The number of hydrogen-bond donors (Lipinski definition) is 1. The number of ether oxygens (including phenoxy) is 2. The van der Waals surface area contributed by atoms with Crippen LogP contribution in [0.1, 0.15) is 12.0 Å². The number of hydrogen-bond acceptors (Lipinski definition) is 3. The predicted molar refractivity (Wildman–Crippen MR) is 73.3 cm³/mol. The first kappa shape index (κ1) is 14.1. The summed E-state index contributed by atoms with van der Waals surface area (Å²) >= 11 is 12.0. The fourth-order valence-corrected chi connectivity index (χ4v) is 2.53. The highest BCUT2D eigenvalue weighted by Crippen LogP contribution is 2.23. The largest absolute Gasteiger partial charge is 0.378 e. The molecule has 1 saturated heterocycles. The Morgan fingerprint density at radius 2 is 2.28 bits per heavy atom. The third-order valence-electron chi connectivity index (χ3n) is 3.28. The molecule has 18 heavy (non-hydrogen) atoms. The quantitative estimate of drug-likeness (QED) is 0.904. The van der Waals surface area contributed by atoms with E-state index in [1.807, 2.05) is 12.1 Å². The van der Waals surface area contributed by atoms with E-state index in [-0.39, 0.29) is 5.60 Å². The van der Waals surface area contributed by atoms with E-state index in [4.69, 9.17) is 32.7 Å².